The first kappa shape index (κ1) is 20.4. The van der Waals surface area contributed by atoms with E-state index in [9.17, 15) is 14.4 Å². The van der Waals surface area contributed by atoms with Crippen molar-refractivity contribution in [1.82, 2.24) is 15.3 Å². The SMILES string of the molecule is CC(C)C[C@H](C=O)CC(=O)[C@H](Cc1ccccc1)NC(=O)c1cnccn1. The Labute approximate surface area is 159 Å². The van der Waals surface area contributed by atoms with Crippen molar-refractivity contribution in [3.05, 3.63) is 60.2 Å². The number of benzene rings is 1. The summed E-state index contributed by atoms with van der Waals surface area (Å²) < 4.78 is 0. The van der Waals surface area contributed by atoms with E-state index >= 15 is 0 Å². The van der Waals surface area contributed by atoms with Crippen molar-refractivity contribution >= 4 is 18.0 Å². The summed E-state index contributed by atoms with van der Waals surface area (Å²) in [6.45, 7) is 4.02. The molecule has 0 bridgehead atoms. The van der Waals surface area contributed by atoms with Crippen molar-refractivity contribution in [3.8, 4) is 0 Å². The fraction of sp³-hybridized carbons (Fsp3) is 0.381. The molecule has 2 aromatic rings. The molecule has 0 unspecified atom stereocenters. The van der Waals surface area contributed by atoms with E-state index in [-0.39, 0.29) is 23.8 Å². The summed E-state index contributed by atoms with van der Waals surface area (Å²) >= 11 is 0. The first-order valence-electron chi connectivity index (χ1n) is 9.08. The Balaban J connectivity index is 2.14. The quantitative estimate of drug-likeness (QED) is 0.652. The van der Waals surface area contributed by atoms with Gasteiger partial charge in [-0.2, -0.15) is 0 Å². The van der Waals surface area contributed by atoms with Crippen LogP contribution in [0.15, 0.2) is 48.9 Å². The van der Waals surface area contributed by atoms with Crippen molar-refractivity contribution in [2.75, 3.05) is 0 Å². The van der Waals surface area contributed by atoms with Gasteiger partial charge < -0.3 is 10.1 Å². The number of aldehydes is 1. The Morgan fingerprint density at radius 2 is 1.89 bits per heavy atom. The van der Waals surface area contributed by atoms with Crippen LogP contribution in [0.1, 0.15) is 42.7 Å². The average Bonchev–Trinajstić information content (AvgIpc) is 2.68. The normalized spacial score (nSPS) is 13.0. The van der Waals surface area contributed by atoms with Crippen molar-refractivity contribution in [1.29, 1.82) is 0 Å². The van der Waals surface area contributed by atoms with Gasteiger partial charge in [0.2, 0.25) is 0 Å². The molecule has 0 saturated carbocycles. The molecule has 6 heteroatoms. The lowest BCUT2D eigenvalue weighted by Crippen LogP contribution is -2.43. The van der Waals surface area contributed by atoms with Gasteiger partial charge >= 0.3 is 0 Å². The third-order valence-electron chi connectivity index (χ3n) is 4.20. The van der Waals surface area contributed by atoms with Crippen molar-refractivity contribution < 1.29 is 14.4 Å². The highest BCUT2D eigenvalue weighted by atomic mass is 16.2. The molecule has 1 aromatic heterocycles. The maximum Gasteiger partial charge on any atom is 0.272 e. The molecule has 2 rings (SSSR count). The van der Waals surface area contributed by atoms with Gasteiger partial charge in [-0.15, -0.1) is 0 Å². The van der Waals surface area contributed by atoms with E-state index < -0.39 is 11.9 Å². The topological polar surface area (TPSA) is 89.0 Å². The minimum atomic E-state index is -0.725. The number of hydrogen-bond acceptors (Lipinski definition) is 5. The van der Waals surface area contributed by atoms with Crippen molar-refractivity contribution in [3.63, 3.8) is 0 Å². The highest BCUT2D eigenvalue weighted by molar-refractivity contribution is 5.96. The molecule has 2 atom stereocenters. The van der Waals surface area contributed by atoms with E-state index in [0.29, 0.717) is 18.8 Å². The number of ketones is 1. The van der Waals surface area contributed by atoms with Gasteiger partial charge in [0.1, 0.15) is 12.0 Å². The number of rotatable bonds is 10. The minimum Gasteiger partial charge on any atom is -0.341 e. The molecule has 0 radical (unpaired) electrons. The Morgan fingerprint density at radius 1 is 1.15 bits per heavy atom. The van der Waals surface area contributed by atoms with Gasteiger partial charge in [-0.1, -0.05) is 44.2 Å². The maximum absolute atomic E-state index is 12.9. The largest absolute Gasteiger partial charge is 0.341 e. The molecule has 27 heavy (non-hydrogen) atoms. The lowest BCUT2D eigenvalue weighted by molar-refractivity contribution is -0.124. The zero-order valence-electron chi connectivity index (χ0n) is 15.7. The predicted molar refractivity (Wildman–Crippen MR) is 102 cm³/mol. The summed E-state index contributed by atoms with van der Waals surface area (Å²) in [4.78, 5) is 44.5. The van der Waals surface area contributed by atoms with Crippen molar-refractivity contribution in [2.45, 2.75) is 39.2 Å². The Kier molecular flexibility index (Phi) is 7.79. The standard InChI is InChI=1S/C21H25N3O3/c1-15(2)10-17(14-25)12-20(26)18(11-16-6-4-3-5-7-16)24-21(27)19-13-22-8-9-23-19/h3-9,13-15,17-18H,10-12H2,1-2H3,(H,24,27)/t17-,18-/m0/s1. The van der Waals surface area contributed by atoms with Gasteiger partial charge in [0, 0.05) is 24.7 Å². The van der Waals surface area contributed by atoms with Gasteiger partial charge in [0.25, 0.3) is 5.91 Å². The van der Waals surface area contributed by atoms with E-state index in [1.54, 1.807) is 0 Å². The highest BCUT2D eigenvalue weighted by Gasteiger charge is 2.25. The van der Waals surface area contributed by atoms with Crippen LogP contribution in [0.2, 0.25) is 0 Å². The van der Waals surface area contributed by atoms with E-state index in [4.69, 9.17) is 0 Å². The number of amides is 1. The molecule has 0 aliphatic heterocycles. The van der Waals surface area contributed by atoms with E-state index in [1.807, 2.05) is 44.2 Å². The second kappa shape index (κ2) is 10.3. The first-order chi connectivity index (χ1) is 13.0. The summed E-state index contributed by atoms with van der Waals surface area (Å²) in [7, 11) is 0. The fourth-order valence-corrected chi connectivity index (χ4v) is 2.94. The highest BCUT2D eigenvalue weighted by Crippen LogP contribution is 2.16. The molecular formula is C21H25N3O3. The molecule has 142 valence electrons. The Bertz CT molecular complexity index is 748. The van der Waals surface area contributed by atoms with Crippen LogP contribution in [-0.2, 0) is 16.0 Å². The molecule has 0 spiro atoms. The molecule has 6 nitrogen and oxygen atoms in total. The maximum atomic E-state index is 12.9. The summed E-state index contributed by atoms with van der Waals surface area (Å²) in [6.07, 6.45) is 6.20. The lowest BCUT2D eigenvalue weighted by atomic mass is 9.90. The lowest BCUT2D eigenvalue weighted by Gasteiger charge is -2.20. The van der Waals surface area contributed by atoms with Gasteiger partial charge in [0.05, 0.1) is 12.2 Å². The van der Waals surface area contributed by atoms with Crippen LogP contribution in [-0.4, -0.2) is 34.0 Å². The molecule has 0 fully saturated rings. The van der Waals surface area contributed by atoms with Crippen LogP contribution in [0.4, 0.5) is 0 Å². The summed E-state index contributed by atoms with van der Waals surface area (Å²) in [5.41, 5.74) is 1.08. The first-order valence-corrected chi connectivity index (χ1v) is 9.08. The van der Waals surface area contributed by atoms with Crippen LogP contribution in [0.3, 0.4) is 0 Å². The smallest absolute Gasteiger partial charge is 0.272 e. The van der Waals surface area contributed by atoms with Crippen molar-refractivity contribution in [2.24, 2.45) is 11.8 Å². The van der Waals surface area contributed by atoms with Gasteiger partial charge in [0.15, 0.2) is 5.78 Å². The van der Waals surface area contributed by atoms with Crippen LogP contribution < -0.4 is 5.32 Å². The fourth-order valence-electron chi connectivity index (χ4n) is 2.94. The van der Waals surface area contributed by atoms with Crippen LogP contribution in [0.5, 0.6) is 0 Å². The third kappa shape index (κ3) is 6.73. The Hall–Kier alpha value is -2.89. The Morgan fingerprint density at radius 3 is 2.48 bits per heavy atom. The van der Waals surface area contributed by atoms with E-state index in [2.05, 4.69) is 15.3 Å². The molecule has 1 aromatic carbocycles. The summed E-state index contributed by atoms with van der Waals surface area (Å²) in [6, 6.07) is 8.74. The summed E-state index contributed by atoms with van der Waals surface area (Å²) in [5.74, 6) is -0.642. The minimum absolute atomic E-state index is 0.111. The molecular weight excluding hydrogens is 342 g/mol. The van der Waals surface area contributed by atoms with Crippen LogP contribution in [0, 0.1) is 11.8 Å². The molecule has 0 saturated heterocycles. The number of aromatic nitrogens is 2. The number of hydrogen-bond donors (Lipinski definition) is 1. The molecule has 1 amide bonds. The second-order valence-electron chi connectivity index (χ2n) is 7.00. The van der Waals surface area contributed by atoms with E-state index in [0.717, 1.165) is 11.8 Å². The zero-order valence-corrected chi connectivity index (χ0v) is 15.7. The van der Waals surface area contributed by atoms with Crippen LogP contribution in [0.25, 0.3) is 0 Å². The third-order valence-corrected chi connectivity index (χ3v) is 4.20. The molecule has 1 N–H and O–H groups in total. The average molecular weight is 367 g/mol. The zero-order chi connectivity index (χ0) is 19.6. The molecule has 0 aliphatic carbocycles. The molecule has 0 aliphatic rings. The number of carbonyl (C=O) groups excluding carboxylic acids is 3. The predicted octanol–water partition coefficient (Wildman–Crippen LogP) is 2.64. The van der Waals surface area contributed by atoms with E-state index in [1.165, 1.54) is 18.6 Å². The van der Waals surface area contributed by atoms with Crippen LogP contribution >= 0.6 is 0 Å². The summed E-state index contributed by atoms with van der Waals surface area (Å²) in [5, 5.41) is 2.76. The second-order valence-corrected chi connectivity index (χ2v) is 7.00. The molecule has 1 heterocycles. The van der Waals surface area contributed by atoms with Gasteiger partial charge in [-0.3, -0.25) is 14.6 Å². The van der Waals surface area contributed by atoms with Gasteiger partial charge in [-0.25, -0.2) is 4.98 Å². The van der Waals surface area contributed by atoms with Gasteiger partial charge in [-0.05, 0) is 24.3 Å². The number of nitrogens with zero attached hydrogens (tertiary/aromatic N) is 2. The monoisotopic (exact) mass is 367 g/mol. The number of Topliss-reactive ketones (excluding diaryl/α,β-unsaturated/α-hetero) is 1. The number of nitrogens with one attached hydrogen (secondary N) is 1. The number of carbonyl (C=O) groups is 3.